The number of hydrogen-bond acceptors (Lipinski definition) is 3. The third-order valence-electron chi connectivity index (χ3n) is 2.87. The highest BCUT2D eigenvalue weighted by atomic mass is 19.1. The summed E-state index contributed by atoms with van der Waals surface area (Å²) in [6.07, 6.45) is 2.75. The maximum atomic E-state index is 12.9. The second-order valence-electron chi connectivity index (χ2n) is 4.16. The fraction of sp³-hybridized carbons (Fsp3) is 0.385. The lowest BCUT2D eigenvalue weighted by molar-refractivity contribution is 0.523. The first-order chi connectivity index (χ1) is 8.76. The molecule has 5 heteroatoms. The van der Waals surface area contributed by atoms with E-state index < -0.39 is 0 Å². The van der Waals surface area contributed by atoms with Gasteiger partial charge in [-0.25, -0.2) is 9.07 Å². The van der Waals surface area contributed by atoms with Gasteiger partial charge in [-0.3, -0.25) is 0 Å². The van der Waals surface area contributed by atoms with Crippen LogP contribution >= 0.6 is 0 Å². The van der Waals surface area contributed by atoms with Gasteiger partial charge in [0.2, 0.25) is 0 Å². The van der Waals surface area contributed by atoms with Gasteiger partial charge in [0, 0.05) is 6.54 Å². The summed E-state index contributed by atoms with van der Waals surface area (Å²) >= 11 is 0. The van der Waals surface area contributed by atoms with Gasteiger partial charge in [-0.1, -0.05) is 24.3 Å². The molecular formula is C13H17FN4. The van der Waals surface area contributed by atoms with Crippen LogP contribution in [0.5, 0.6) is 0 Å². The molecule has 0 amide bonds. The summed E-state index contributed by atoms with van der Waals surface area (Å²) in [5.74, 6) is -0.228. The lowest BCUT2D eigenvalue weighted by atomic mass is 10.0. The number of benzene rings is 1. The number of halogens is 1. The van der Waals surface area contributed by atoms with Crippen molar-refractivity contribution >= 4 is 0 Å². The standard InChI is InChI=1S/C13H17FN4/c1-3-8-18-12(9-16-17-18)13(15-2)10-4-6-11(14)7-5-10/h4-7,9,13,15H,3,8H2,1-2H3. The van der Waals surface area contributed by atoms with Crippen LogP contribution in [-0.2, 0) is 6.54 Å². The van der Waals surface area contributed by atoms with E-state index in [0.29, 0.717) is 0 Å². The van der Waals surface area contributed by atoms with Gasteiger partial charge in [0.15, 0.2) is 0 Å². The van der Waals surface area contributed by atoms with E-state index in [9.17, 15) is 4.39 Å². The minimum atomic E-state index is -0.228. The average molecular weight is 248 g/mol. The zero-order valence-electron chi connectivity index (χ0n) is 10.6. The fourth-order valence-electron chi connectivity index (χ4n) is 2.02. The van der Waals surface area contributed by atoms with Crippen LogP contribution in [0.2, 0.25) is 0 Å². The number of rotatable bonds is 5. The third-order valence-corrected chi connectivity index (χ3v) is 2.87. The van der Waals surface area contributed by atoms with Crippen LogP contribution < -0.4 is 5.32 Å². The van der Waals surface area contributed by atoms with Crippen LogP contribution in [0.15, 0.2) is 30.5 Å². The van der Waals surface area contributed by atoms with Crippen molar-refractivity contribution in [3.05, 3.63) is 47.5 Å². The lowest BCUT2D eigenvalue weighted by Gasteiger charge is -2.17. The van der Waals surface area contributed by atoms with Gasteiger partial charge in [-0.15, -0.1) is 5.10 Å². The van der Waals surface area contributed by atoms with E-state index in [1.165, 1.54) is 12.1 Å². The third kappa shape index (κ3) is 2.56. The zero-order chi connectivity index (χ0) is 13.0. The summed E-state index contributed by atoms with van der Waals surface area (Å²) in [6, 6.07) is 6.47. The Bertz CT molecular complexity index is 492. The number of aryl methyl sites for hydroxylation is 1. The van der Waals surface area contributed by atoms with Gasteiger partial charge in [-0.05, 0) is 31.2 Å². The molecule has 18 heavy (non-hydrogen) atoms. The van der Waals surface area contributed by atoms with E-state index in [-0.39, 0.29) is 11.9 Å². The van der Waals surface area contributed by atoms with Gasteiger partial charge in [0.05, 0.1) is 17.9 Å². The molecule has 2 aromatic rings. The van der Waals surface area contributed by atoms with Gasteiger partial charge in [-0.2, -0.15) is 0 Å². The Morgan fingerprint density at radius 1 is 1.33 bits per heavy atom. The summed E-state index contributed by atoms with van der Waals surface area (Å²) in [6.45, 7) is 2.92. The van der Waals surface area contributed by atoms with Crippen molar-refractivity contribution in [2.45, 2.75) is 25.9 Å². The molecule has 0 radical (unpaired) electrons. The molecule has 0 spiro atoms. The van der Waals surface area contributed by atoms with Gasteiger partial charge in [0.25, 0.3) is 0 Å². The number of nitrogens with one attached hydrogen (secondary N) is 1. The van der Waals surface area contributed by atoms with Gasteiger partial charge in [0.1, 0.15) is 5.82 Å². The number of hydrogen-bond donors (Lipinski definition) is 1. The molecule has 2 rings (SSSR count). The van der Waals surface area contributed by atoms with Crippen molar-refractivity contribution in [3.63, 3.8) is 0 Å². The highest BCUT2D eigenvalue weighted by Gasteiger charge is 2.17. The highest BCUT2D eigenvalue weighted by molar-refractivity contribution is 5.26. The minimum Gasteiger partial charge on any atom is -0.308 e. The Labute approximate surface area is 106 Å². The molecule has 0 aliphatic rings. The number of aromatic nitrogens is 3. The van der Waals surface area contributed by atoms with Crippen molar-refractivity contribution in [3.8, 4) is 0 Å². The number of nitrogens with zero attached hydrogens (tertiary/aromatic N) is 3. The molecule has 1 aromatic heterocycles. The Hall–Kier alpha value is -1.75. The SMILES string of the molecule is CCCn1nncc1C(NC)c1ccc(F)cc1. The highest BCUT2D eigenvalue weighted by Crippen LogP contribution is 2.21. The molecule has 1 aromatic carbocycles. The molecule has 1 N–H and O–H groups in total. The van der Waals surface area contributed by atoms with Crippen molar-refractivity contribution in [1.82, 2.24) is 20.3 Å². The molecule has 0 saturated carbocycles. The Kier molecular flexibility index (Phi) is 4.04. The Morgan fingerprint density at radius 2 is 2.06 bits per heavy atom. The van der Waals surface area contributed by atoms with E-state index in [1.54, 1.807) is 18.3 Å². The topological polar surface area (TPSA) is 42.7 Å². The quantitative estimate of drug-likeness (QED) is 0.881. The van der Waals surface area contributed by atoms with E-state index in [1.807, 2.05) is 11.7 Å². The largest absolute Gasteiger partial charge is 0.308 e. The molecule has 0 aliphatic heterocycles. The van der Waals surface area contributed by atoms with E-state index in [4.69, 9.17) is 0 Å². The first-order valence-corrected chi connectivity index (χ1v) is 6.07. The predicted molar refractivity (Wildman–Crippen MR) is 67.6 cm³/mol. The van der Waals surface area contributed by atoms with Crippen LogP contribution in [0.4, 0.5) is 4.39 Å². The van der Waals surface area contributed by atoms with E-state index in [0.717, 1.165) is 24.2 Å². The Morgan fingerprint density at radius 3 is 2.67 bits per heavy atom. The molecule has 1 unspecified atom stereocenters. The molecular weight excluding hydrogens is 231 g/mol. The van der Waals surface area contributed by atoms with Crippen molar-refractivity contribution in [2.24, 2.45) is 0 Å². The Balaban J connectivity index is 2.32. The predicted octanol–water partition coefficient (Wildman–Crippen LogP) is 2.14. The van der Waals surface area contributed by atoms with Crippen LogP contribution in [-0.4, -0.2) is 22.0 Å². The second kappa shape index (κ2) is 5.73. The molecule has 1 atom stereocenters. The van der Waals surface area contributed by atoms with Crippen molar-refractivity contribution < 1.29 is 4.39 Å². The van der Waals surface area contributed by atoms with E-state index in [2.05, 4.69) is 22.6 Å². The van der Waals surface area contributed by atoms with Gasteiger partial charge < -0.3 is 5.32 Å². The first-order valence-electron chi connectivity index (χ1n) is 6.07. The van der Waals surface area contributed by atoms with Crippen LogP contribution in [0, 0.1) is 5.82 Å². The molecule has 4 nitrogen and oxygen atoms in total. The molecule has 0 fully saturated rings. The zero-order valence-corrected chi connectivity index (χ0v) is 10.6. The minimum absolute atomic E-state index is 0.0212. The fourth-order valence-corrected chi connectivity index (χ4v) is 2.02. The van der Waals surface area contributed by atoms with E-state index >= 15 is 0 Å². The first kappa shape index (κ1) is 12.7. The molecule has 0 saturated heterocycles. The summed E-state index contributed by atoms with van der Waals surface area (Å²) in [5, 5.41) is 11.2. The van der Waals surface area contributed by atoms with Crippen LogP contribution in [0.1, 0.15) is 30.6 Å². The average Bonchev–Trinajstić information content (AvgIpc) is 2.82. The monoisotopic (exact) mass is 248 g/mol. The van der Waals surface area contributed by atoms with Crippen molar-refractivity contribution in [2.75, 3.05) is 7.05 Å². The second-order valence-corrected chi connectivity index (χ2v) is 4.16. The summed E-state index contributed by atoms with van der Waals surface area (Å²) < 4.78 is 14.8. The molecule has 0 aliphatic carbocycles. The maximum Gasteiger partial charge on any atom is 0.123 e. The van der Waals surface area contributed by atoms with Crippen LogP contribution in [0.25, 0.3) is 0 Å². The van der Waals surface area contributed by atoms with Crippen molar-refractivity contribution in [1.29, 1.82) is 0 Å². The lowest BCUT2D eigenvalue weighted by Crippen LogP contribution is -2.21. The smallest absolute Gasteiger partial charge is 0.123 e. The maximum absolute atomic E-state index is 12.9. The van der Waals surface area contributed by atoms with Gasteiger partial charge >= 0.3 is 0 Å². The normalized spacial score (nSPS) is 12.6. The molecule has 1 heterocycles. The summed E-state index contributed by atoms with van der Waals surface area (Å²) in [7, 11) is 1.87. The van der Waals surface area contributed by atoms with Crippen LogP contribution in [0.3, 0.4) is 0 Å². The molecule has 0 bridgehead atoms. The molecule has 96 valence electrons. The summed E-state index contributed by atoms with van der Waals surface area (Å²) in [5.41, 5.74) is 1.99. The summed E-state index contributed by atoms with van der Waals surface area (Å²) in [4.78, 5) is 0.